The average molecular weight is 335 g/mol. The molecule has 1 heterocycles. The highest BCUT2D eigenvalue weighted by molar-refractivity contribution is 5.68. The molecule has 0 saturated carbocycles. The van der Waals surface area contributed by atoms with Gasteiger partial charge in [0.25, 0.3) is 0 Å². The van der Waals surface area contributed by atoms with Gasteiger partial charge in [-0.25, -0.2) is 4.79 Å². The van der Waals surface area contributed by atoms with Crippen molar-refractivity contribution in [2.45, 2.75) is 32.8 Å². The second-order valence-electron chi connectivity index (χ2n) is 7.05. The summed E-state index contributed by atoms with van der Waals surface area (Å²) in [5.41, 5.74) is 6.08. The molecule has 1 aromatic carbocycles. The molecule has 134 valence electrons. The minimum absolute atomic E-state index is 0.218. The summed E-state index contributed by atoms with van der Waals surface area (Å²) >= 11 is 0. The van der Waals surface area contributed by atoms with Crippen molar-refractivity contribution in [2.75, 3.05) is 45.1 Å². The molecule has 1 saturated heterocycles. The van der Waals surface area contributed by atoms with Crippen LogP contribution in [-0.2, 0) is 4.74 Å². The van der Waals surface area contributed by atoms with E-state index in [1.165, 1.54) is 0 Å². The van der Waals surface area contributed by atoms with E-state index in [-0.39, 0.29) is 6.09 Å². The number of nitrogens with two attached hydrogens (primary N) is 1. The maximum absolute atomic E-state index is 12.0. The SMILES string of the molecule is CC(C)(C)OC(=O)N1CCN(CCCOc2ccccc2N)CC1. The number of hydrogen-bond acceptors (Lipinski definition) is 5. The standard InChI is InChI=1S/C18H29N3O3/c1-18(2,3)24-17(22)21-12-10-20(11-13-21)9-6-14-23-16-8-5-4-7-15(16)19/h4-5,7-8H,6,9-14,19H2,1-3H3. The number of benzene rings is 1. The molecule has 0 bridgehead atoms. The predicted octanol–water partition coefficient (Wildman–Crippen LogP) is 2.59. The van der Waals surface area contributed by atoms with Crippen molar-refractivity contribution in [1.29, 1.82) is 0 Å². The van der Waals surface area contributed by atoms with Crippen LogP contribution < -0.4 is 10.5 Å². The lowest BCUT2D eigenvalue weighted by atomic mass is 10.2. The Morgan fingerprint density at radius 2 is 1.83 bits per heavy atom. The Bertz CT molecular complexity index is 535. The molecule has 0 unspecified atom stereocenters. The van der Waals surface area contributed by atoms with E-state index in [4.69, 9.17) is 15.2 Å². The van der Waals surface area contributed by atoms with Gasteiger partial charge in [-0.1, -0.05) is 12.1 Å². The van der Waals surface area contributed by atoms with Crippen LogP contribution in [0.25, 0.3) is 0 Å². The van der Waals surface area contributed by atoms with Crippen molar-refractivity contribution in [2.24, 2.45) is 0 Å². The van der Waals surface area contributed by atoms with Crippen molar-refractivity contribution in [3.63, 3.8) is 0 Å². The van der Waals surface area contributed by atoms with Crippen LogP contribution in [0.3, 0.4) is 0 Å². The van der Waals surface area contributed by atoms with E-state index < -0.39 is 5.60 Å². The molecule has 0 atom stereocenters. The van der Waals surface area contributed by atoms with Crippen molar-refractivity contribution in [3.05, 3.63) is 24.3 Å². The zero-order valence-corrected chi connectivity index (χ0v) is 15.0. The Kier molecular flexibility index (Phi) is 6.31. The lowest BCUT2D eigenvalue weighted by molar-refractivity contribution is 0.0142. The van der Waals surface area contributed by atoms with Crippen molar-refractivity contribution in [1.82, 2.24) is 9.80 Å². The molecule has 0 spiro atoms. The molecule has 24 heavy (non-hydrogen) atoms. The molecule has 6 heteroatoms. The number of nitrogens with zero attached hydrogens (tertiary/aromatic N) is 2. The number of nitrogen functional groups attached to an aromatic ring is 1. The molecule has 1 aliphatic rings. The summed E-state index contributed by atoms with van der Waals surface area (Å²) < 4.78 is 11.1. The second kappa shape index (κ2) is 8.24. The van der Waals surface area contributed by atoms with Gasteiger partial charge in [-0.3, -0.25) is 4.90 Å². The van der Waals surface area contributed by atoms with Crippen molar-refractivity contribution >= 4 is 11.8 Å². The van der Waals surface area contributed by atoms with E-state index in [2.05, 4.69) is 4.90 Å². The zero-order valence-electron chi connectivity index (χ0n) is 15.0. The number of anilines is 1. The Labute approximate surface area is 144 Å². The van der Waals surface area contributed by atoms with Crippen LogP contribution in [0.5, 0.6) is 5.75 Å². The first-order valence-corrected chi connectivity index (χ1v) is 8.53. The lowest BCUT2D eigenvalue weighted by Gasteiger charge is -2.35. The molecule has 1 fully saturated rings. The molecule has 1 amide bonds. The monoisotopic (exact) mass is 335 g/mol. The number of carbonyl (C=O) groups excluding carboxylic acids is 1. The zero-order chi connectivity index (χ0) is 17.6. The molecule has 0 aromatic heterocycles. The molecule has 2 rings (SSSR count). The maximum atomic E-state index is 12.0. The Hall–Kier alpha value is -1.95. The molecule has 0 radical (unpaired) electrons. The molecule has 1 aromatic rings. The highest BCUT2D eigenvalue weighted by atomic mass is 16.6. The quantitative estimate of drug-likeness (QED) is 0.662. The fourth-order valence-electron chi connectivity index (χ4n) is 2.56. The average Bonchev–Trinajstić information content (AvgIpc) is 2.52. The third kappa shape index (κ3) is 5.92. The highest BCUT2D eigenvalue weighted by Crippen LogP contribution is 2.19. The fourth-order valence-corrected chi connectivity index (χ4v) is 2.56. The van der Waals surface area contributed by atoms with Gasteiger partial charge in [0.1, 0.15) is 11.4 Å². The first kappa shape index (κ1) is 18.4. The minimum Gasteiger partial charge on any atom is -0.491 e. The van der Waals surface area contributed by atoms with Crippen LogP contribution in [0.15, 0.2) is 24.3 Å². The Morgan fingerprint density at radius 3 is 2.46 bits per heavy atom. The number of ether oxygens (including phenoxy) is 2. The smallest absolute Gasteiger partial charge is 0.410 e. The number of rotatable bonds is 5. The van der Waals surface area contributed by atoms with E-state index in [0.29, 0.717) is 25.4 Å². The van der Waals surface area contributed by atoms with Gasteiger partial charge >= 0.3 is 6.09 Å². The molecule has 6 nitrogen and oxygen atoms in total. The number of amides is 1. The normalized spacial score (nSPS) is 16.0. The van der Waals surface area contributed by atoms with Gasteiger partial charge in [0.15, 0.2) is 0 Å². The van der Waals surface area contributed by atoms with E-state index in [9.17, 15) is 4.79 Å². The van der Waals surface area contributed by atoms with Crippen LogP contribution >= 0.6 is 0 Å². The van der Waals surface area contributed by atoms with Gasteiger partial charge in [-0.15, -0.1) is 0 Å². The van der Waals surface area contributed by atoms with Gasteiger partial charge < -0.3 is 20.1 Å². The summed E-state index contributed by atoms with van der Waals surface area (Å²) in [5, 5.41) is 0. The summed E-state index contributed by atoms with van der Waals surface area (Å²) in [6, 6.07) is 7.54. The summed E-state index contributed by atoms with van der Waals surface area (Å²) in [4.78, 5) is 16.1. The van der Waals surface area contributed by atoms with E-state index in [1.54, 1.807) is 4.90 Å². The third-order valence-corrected chi connectivity index (χ3v) is 3.82. The van der Waals surface area contributed by atoms with Crippen LogP contribution in [-0.4, -0.2) is 60.8 Å². The number of hydrogen-bond donors (Lipinski definition) is 1. The van der Waals surface area contributed by atoms with Gasteiger partial charge in [0, 0.05) is 32.7 Å². The van der Waals surface area contributed by atoms with Gasteiger partial charge in [-0.05, 0) is 39.3 Å². The van der Waals surface area contributed by atoms with Gasteiger partial charge in [-0.2, -0.15) is 0 Å². The fraction of sp³-hybridized carbons (Fsp3) is 0.611. The summed E-state index contributed by atoms with van der Waals surface area (Å²) in [5.74, 6) is 0.743. The maximum Gasteiger partial charge on any atom is 0.410 e. The molecule has 2 N–H and O–H groups in total. The molecule has 0 aliphatic carbocycles. The van der Waals surface area contributed by atoms with E-state index in [1.807, 2.05) is 45.0 Å². The van der Waals surface area contributed by atoms with Crippen molar-refractivity contribution < 1.29 is 14.3 Å². The summed E-state index contributed by atoms with van der Waals surface area (Å²) in [6.45, 7) is 10.4. The number of carbonyl (C=O) groups is 1. The number of para-hydroxylation sites is 2. The van der Waals surface area contributed by atoms with Crippen molar-refractivity contribution in [3.8, 4) is 5.75 Å². The van der Waals surface area contributed by atoms with Crippen LogP contribution in [0, 0.1) is 0 Å². The third-order valence-electron chi connectivity index (χ3n) is 3.82. The molecular formula is C18H29N3O3. The Morgan fingerprint density at radius 1 is 1.17 bits per heavy atom. The minimum atomic E-state index is -0.440. The largest absolute Gasteiger partial charge is 0.491 e. The van der Waals surface area contributed by atoms with Gasteiger partial charge in [0.05, 0.1) is 12.3 Å². The van der Waals surface area contributed by atoms with E-state index >= 15 is 0 Å². The topological polar surface area (TPSA) is 68.0 Å². The first-order chi connectivity index (χ1) is 11.3. The van der Waals surface area contributed by atoms with Crippen LogP contribution in [0.4, 0.5) is 10.5 Å². The summed E-state index contributed by atoms with van der Waals surface area (Å²) in [6.07, 6.45) is 0.714. The Balaban J connectivity index is 1.63. The second-order valence-corrected chi connectivity index (χ2v) is 7.05. The van der Waals surface area contributed by atoms with E-state index in [0.717, 1.165) is 31.8 Å². The lowest BCUT2D eigenvalue weighted by Crippen LogP contribution is -2.50. The summed E-state index contributed by atoms with van der Waals surface area (Å²) in [7, 11) is 0. The predicted molar refractivity (Wildman–Crippen MR) is 95.2 cm³/mol. The molecule has 1 aliphatic heterocycles. The first-order valence-electron chi connectivity index (χ1n) is 8.53. The van der Waals surface area contributed by atoms with Crippen LogP contribution in [0.1, 0.15) is 27.2 Å². The van der Waals surface area contributed by atoms with Gasteiger partial charge in [0.2, 0.25) is 0 Å². The molecular weight excluding hydrogens is 306 g/mol. The highest BCUT2D eigenvalue weighted by Gasteiger charge is 2.25. The van der Waals surface area contributed by atoms with Crippen LogP contribution in [0.2, 0.25) is 0 Å². The number of piperazine rings is 1.